The minimum atomic E-state index is -4.43. The summed E-state index contributed by atoms with van der Waals surface area (Å²) in [5, 5.41) is 12.2. The number of aromatic hydroxyl groups is 1. The summed E-state index contributed by atoms with van der Waals surface area (Å²) in [5.41, 5.74) is -0.0308. The van der Waals surface area contributed by atoms with Gasteiger partial charge in [-0.1, -0.05) is 19.1 Å². The zero-order valence-electron chi connectivity index (χ0n) is 11.7. The van der Waals surface area contributed by atoms with E-state index in [1.165, 1.54) is 18.2 Å². The molecule has 0 aliphatic heterocycles. The quantitative estimate of drug-likeness (QED) is 0.891. The molecule has 0 heterocycles. The second-order valence-electron chi connectivity index (χ2n) is 4.69. The SMILES string of the molecule is CCc1cc(C(F)(F)F)ccc1NC(=O)c1ccccc1O. The molecule has 0 aliphatic rings. The Bertz CT molecular complexity index is 696. The molecular weight excluding hydrogens is 295 g/mol. The third kappa shape index (κ3) is 3.39. The van der Waals surface area contributed by atoms with Crippen LogP contribution in [0.5, 0.6) is 5.75 Å². The van der Waals surface area contributed by atoms with Gasteiger partial charge in [-0.2, -0.15) is 13.2 Å². The molecule has 6 heteroatoms. The van der Waals surface area contributed by atoms with Crippen LogP contribution in [0, 0.1) is 0 Å². The van der Waals surface area contributed by atoms with E-state index in [1.807, 2.05) is 0 Å². The van der Waals surface area contributed by atoms with E-state index in [2.05, 4.69) is 5.32 Å². The van der Waals surface area contributed by atoms with Gasteiger partial charge in [-0.05, 0) is 42.3 Å². The highest BCUT2D eigenvalue weighted by Crippen LogP contribution is 2.32. The van der Waals surface area contributed by atoms with Crippen molar-refractivity contribution in [1.82, 2.24) is 0 Å². The van der Waals surface area contributed by atoms with Gasteiger partial charge in [0.25, 0.3) is 5.91 Å². The monoisotopic (exact) mass is 309 g/mol. The van der Waals surface area contributed by atoms with Gasteiger partial charge < -0.3 is 10.4 Å². The Balaban J connectivity index is 2.30. The average molecular weight is 309 g/mol. The fourth-order valence-electron chi connectivity index (χ4n) is 2.04. The van der Waals surface area contributed by atoms with Gasteiger partial charge in [0, 0.05) is 5.69 Å². The second-order valence-corrected chi connectivity index (χ2v) is 4.69. The number of hydrogen-bond acceptors (Lipinski definition) is 2. The number of benzene rings is 2. The lowest BCUT2D eigenvalue weighted by atomic mass is 10.1. The predicted molar refractivity (Wildman–Crippen MR) is 76.9 cm³/mol. The topological polar surface area (TPSA) is 49.3 Å². The number of halogens is 3. The summed E-state index contributed by atoms with van der Waals surface area (Å²) in [4.78, 5) is 12.1. The molecule has 0 aliphatic carbocycles. The Labute approximate surface area is 125 Å². The number of rotatable bonds is 3. The lowest BCUT2D eigenvalue weighted by Gasteiger charge is -2.14. The van der Waals surface area contributed by atoms with Crippen molar-refractivity contribution in [1.29, 1.82) is 0 Å². The van der Waals surface area contributed by atoms with E-state index in [1.54, 1.807) is 19.1 Å². The van der Waals surface area contributed by atoms with Crippen LogP contribution in [0.1, 0.15) is 28.4 Å². The van der Waals surface area contributed by atoms with E-state index < -0.39 is 17.6 Å². The second kappa shape index (κ2) is 6.09. The molecule has 0 unspecified atom stereocenters. The first-order chi connectivity index (χ1) is 10.3. The largest absolute Gasteiger partial charge is 0.507 e. The third-order valence-electron chi connectivity index (χ3n) is 3.21. The van der Waals surface area contributed by atoms with Crippen LogP contribution in [-0.4, -0.2) is 11.0 Å². The van der Waals surface area contributed by atoms with Crippen LogP contribution in [-0.2, 0) is 12.6 Å². The highest BCUT2D eigenvalue weighted by molar-refractivity contribution is 6.06. The fraction of sp³-hybridized carbons (Fsp3) is 0.188. The number of phenolic OH excluding ortho intramolecular Hbond substituents is 1. The van der Waals surface area contributed by atoms with Gasteiger partial charge >= 0.3 is 6.18 Å². The van der Waals surface area contributed by atoms with Crippen LogP contribution >= 0.6 is 0 Å². The summed E-state index contributed by atoms with van der Waals surface area (Å²) in [7, 11) is 0. The first-order valence-electron chi connectivity index (χ1n) is 6.62. The number of nitrogens with one attached hydrogen (secondary N) is 1. The molecule has 2 aromatic rings. The minimum absolute atomic E-state index is 0.0597. The van der Waals surface area contributed by atoms with E-state index in [-0.39, 0.29) is 11.3 Å². The van der Waals surface area contributed by atoms with E-state index in [0.717, 1.165) is 12.1 Å². The minimum Gasteiger partial charge on any atom is -0.507 e. The van der Waals surface area contributed by atoms with Crippen molar-refractivity contribution in [2.24, 2.45) is 0 Å². The summed E-state index contributed by atoms with van der Waals surface area (Å²) < 4.78 is 38.1. The van der Waals surface area contributed by atoms with Crippen LogP contribution < -0.4 is 5.32 Å². The van der Waals surface area contributed by atoms with Crippen LogP contribution in [0.25, 0.3) is 0 Å². The van der Waals surface area contributed by atoms with E-state index in [9.17, 15) is 23.1 Å². The lowest BCUT2D eigenvalue weighted by Crippen LogP contribution is -2.14. The molecule has 0 spiro atoms. The fourth-order valence-corrected chi connectivity index (χ4v) is 2.04. The molecule has 0 fully saturated rings. The number of alkyl halides is 3. The predicted octanol–water partition coefficient (Wildman–Crippen LogP) is 4.23. The van der Waals surface area contributed by atoms with Crippen molar-refractivity contribution in [3.63, 3.8) is 0 Å². The molecule has 1 amide bonds. The smallest absolute Gasteiger partial charge is 0.416 e. The number of amides is 1. The van der Waals surface area contributed by atoms with Gasteiger partial charge in [0.05, 0.1) is 11.1 Å². The summed E-state index contributed by atoms with van der Waals surface area (Å²) >= 11 is 0. The van der Waals surface area contributed by atoms with Crippen LogP contribution in [0.15, 0.2) is 42.5 Å². The van der Waals surface area contributed by atoms with Gasteiger partial charge in [0.1, 0.15) is 5.75 Å². The Morgan fingerprint density at radius 1 is 1.18 bits per heavy atom. The molecule has 0 saturated heterocycles. The number of anilines is 1. The number of para-hydroxylation sites is 1. The molecule has 0 atom stereocenters. The number of aryl methyl sites for hydroxylation is 1. The van der Waals surface area contributed by atoms with Crippen molar-refractivity contribution in [3.05, 3.63) is 59.2 Å². The highest BCUT2D eigenvalue weighted by Gasteiger charge is 2.31. The lowest BCUT2D eigenvalue weighted by molar-refractivity contribution is -0.137. The van der Waals surface area contributed by atoms with Crippen molar-refractivity contribution >= 4 is 11.6 Å². The Morgan fingerprint density at radius 3 is 2.45 bits per heavy atom. The van der Waals surface area contributed by atoms with Crippen molar-refractivity contribution in [3.8, 4) is 5.75 Å². The van der Waals surface area contributed by atoms with Crippen molar-refractivity contribution < 1.29 is 23.1 Å². The number of carbonyl (C=O) groups excluding carboxylic acids is 1. The molecule has 3 nitrogen and oxygen atoms in total. The maximum Gasteiger partial charge on any atom is 0.416 e. The van der Waals surface area contributed by atoms with Crippen molar-refractivity contribution in [2.45, 2.75) is 19.5 Å². The summed E-state index contributed by atoms with van der Waals surface area (Å²) in [6.45, 7) is 1.70. The summed E-state index contributed by atoms with van der Waals surface area (Å²) in [5.74, 6) is -0.766. The highest BCUT2D eigenvalue weighted by atomic mass is 19.4. The molecule has 116 valence electrons. The average Bonchev–Trinajstić information content (AvgIpc) is 2.46. The molecule has 22 heavy (non-hydrogen) atoms. The summed E-state index contributed by atoms with van der Waals surface area (Å²) in [6, 6.07) is 9.10. The first-order valence-corrected chi connectivity index (χ1v) is 6.62. The van der Waals surface area contributed by atoms with E-state index in [0.29, 0.717) is 17.7 Å². The van der Waals surface area contributed by atoms with Gasteiger partial charge in [-0.3, -0.25) is 4.79 Å². The molecule has 2 aromatic carbocycles. The number of hydrogen-bond donors (Lipinski definition) is 2. The molecular formula is C16H14F3NO2. The molecule has 0 bridgehead atoms. The van der Waals surface area contributed by atoms with E-state index in [4.69, 9.17) is 0 Å². The maximum absolute atomic E-state index is 12.7. The zero-order chi connectivity index (χ0) is 16.3. The zero-order valence-corrected chi connectivity index (χ0v) is 11.7. The number of phenols is 1. The van der Waals surface area contributed by atoms with Gasteiger partial charge in [-0.15, -0.1) is 0 Å². The van der Waals surface area contributed by atoms with Crippen LogP contribution in [0.2, 0.25) is 0 Å². The molecule has 0 saturated carbocycles. The maximum atomic E-state index is 12.7. The van der Waals surface area contributed by atoms with E-state index >= 15 is 0 Å². The van der Waals surface area contributed by atoms with Crippen LogP contribution in [0.3, 0.4) is 0 Å². The van der Waals surface area contributed by atoms with Gasteiger partial charge in [0.2, 0.25) is 0 Å². The third-order valence-corrected chi connectivity index (χ3v) is 3.21. The normalized spacial score (nSPS) is 11.3. The Hall–Kier alpha value is -2.50. The standard InChI is InChI=1S/C16H14F3NO2/c1-2-10-9-11(16(17,18)19)7-8-13(10)20-15(22)12-5-3-4-6-14(12)21/h3-9,21H,2H2,1H3,(H,20,22). The Morgan fingerprint density at radius 2 is 1.86 bits per heavy atom. The Kier molecular flexibility index (Phi) is 4.40. The van der Waals surface area contributed by atoms with Crippen molar-refractivity contribution in [2.75, 3.05) is 5.32 Å². The molecule has 2 rings (SSSR count). The molecule has 2 N–H and O–H groups in total. The number of carbonyl (C=O) groups is 1. The molecule has 0 aromatic heterocycles. The summed E-state index contributed by atoms with van der Waals surface area (Å²) in [6.07, 6.45) is -4.09. The first kappa shape index (κ1) is 15.9. The van der Waals surface area contributed by atoms with Gasteiger partial charge in [-0.25, -0.2) is 0 Å². The van der Waals surface area contributed by atoms with Gasteiger partial charge in [0.15, 0.2) is 0 Å². The van der Waals surface area contributed by atoms with Crippen LogP contribution in [0.4, 0.5) is 18.9 Å². The molecule has 0 radical (unpaired) electrons.